The maximum Gasteiger partial charge on any atom is 0.276 e. The van der Waals surface area contributed by atoms with Crippen molar-refractivity contribution in [2.45, 2.75) is 6.92 Å². The lowest BCUT2D eigenvalue weighted by Crippen LogP contribution is -2.28. The molecule has 26 heavy (non-hydrogen) atoms. The second-order valence-corrected chi connectivity index (χ2v) is 6.40. The molecule has 0 aliphatic carbocycles. The Bertz CT molecular complexity index is 922. The molecule has 2 aromatic rings. The first-order valence-electron chi connectivity index (χ1n) is 7.82. The standard InChI is InChI=1S/C18H15N3O4S/c1-2-20-17(23)16(11-12-5-3-4-6-15(12)21(24)25)26-18(20)19-13-7-9-14(22)10-8-13/h3-11,22H,2H2,1H3/b16-11-,19-18?. The summed E-state index contributed by atoms with van der Waals surface area (Å²) in [5.74, 6) is -0.110. The molecule has 0 atom stereocenters. The number of hydrogen-bond acceptors (Lipinski definition) is 6. The Balaban J connectivity index is 1.97. The number of benzene rings is 2. The van der Waals surface area contributed by atoms with Crippen molar-refractivity contribution in [1.29, 1.82) is 0 Å². The minimum Gasteiger partial charge on any atom is -0.508 e. The van der Waals surface area contributed by atoms with Crippen LogP contribution in [0, 0.1) is 10.1 Å². The van der Waals surface area contributed by atoms with E-state index in [4.69, 9.17) is 0 Å². The Morgan fingerprint density at radius 2 is 1.92 bits per heavy atom. The van der Waals surface area contributed by atoms with Gasteiger partial charge in [0, 0.05) is 12.6 Å². The van der Waals surface area contributed by atoms with Crippen molar-refractivity contribution in [3.05, 3.63) is 69.1 Å². The molecule has 1 aliphatic rings. The van der Waals surface area contributed by atoms with E-state index in [1.165, 1.54) is 40.9 Å². The maximum absolute atomic E-state index is 12.6. The lowest BCUT2D eigenvalue weighted by atomic mass is 10.1. The molecule has 0 bridgehead atoms. The second kappa shape index (κ2) is 7.40. The van der Waals surface area contributed by atoms with E-state index in [0.717, 1.165) is 0 Å². The van der Waals surface area contributed by atoms with Gasteiger partial charge in [-0.05, 0) is 55.1 Å². The van der Waals surface area contributed by atoms with E-state index in [-0.39, 0.29) is 17.3 Å². The summed E-state index contributed by atoms with van der Waals surface area (Å²) in [4.78, 5) is 29.6. The number of carbonyl (C=O) groups is 1. The van der Waals surface area contributed by atoms with Gasteiger partial charge in [-0.1, -0.05) is 12.1 Å². The Hall–Kier alpha value is -3.13. The minimum absolute atomic E-state index is 0.0552. The number of rotatable bonds is 4. The Morgan fingerprint density at radius 3 is 2.58 bits per heavy atom. The highest BCUT2D eigenvalue weighted by Crippen LogP contribution is 2.35. The van der Waals surface area contributed by atoms with Crippen LogP contribution < -0.4 is 0 Å². The molecule has 1 aliphatic heterocycles. The first kappa shape index (κ1) is 17.7. The highest BCUT2D eigenvalue weighted by atomic mass is 32.2. The van der Waals surface area contributed by atoms with Gasteiger partial charge in [0.15, 0.2) is 5.17 Å². The molecule has 1 saturated heterocycles. The van der Waals surface area contributed by atoms with Crippen molar-refractivity contribution in [3.8, 4) is 5.75 Å². The third-order valence-electron chi connectivity index (χ3n) is 3.70. The molecular formula is C18H15N3O4S. The number of phenolic OH excluding ortho intramolecular Hbond substituents is 1. The summed E-state index contributed by atoms with van der Waals surface area (Å²) in [6.07, 6.45) is 1.52. The molecule has 1 fully saturated rings. The fraction of sp³-hybridized carbons (Fsp3) is 0.111. The minimum atomic E-state index is -0.473. The summed E-state index contributed by atoms with van der Waals surface area (Å²) < 4.78 is 0. The third kappa shape index (κ3) is 3.60. The van der Waals surface area contributed by atoms with Gasteiger partial charge in [0.2, 0.25) is 0 Å². The van der Waals surface area contributed by atoms with Gasteiger partial charge in [-0.15, -0.1) is 0 Å². The zero-order chi connectivity index (χ0) is 18.7. The highest BCUT2D eigenvalue weighted by molar-refractivity contribution is 8.18. The van der Waals surface area contributed by atoms with Crippen molar-refractivity contribution in [1.82, 2.24) is 4.90 Å². The second-order valence-electron chi connectivity index (χ2n) is 5.39. The number of carbonyl (C=O) groups excluding carboxylic acids is 1. The maximum atomic E-state index is 12.6. The molecule has 0 unspecified atom stereocenters. The number of aromatic hydroxyl groups is 1. The number of aliphatic imine (C=N–C) groups is 1. The van der Waals surface area contributed by atoms with Gasteiger partial charge in [0.05, 0.1) is 21.1 Å². The molecule has 132 valence electrons. The fourth-order valence-electron chi connectivity index (χ4n) is 2.42. The van der Waals surface area contributed by atoms with Crippen LogP contribution in [0.2, 0.25) is 0 Å². The van der Waals surface area contributed by atoms with E-state index >= 15 is 0 Å². The molecule has 0 spiro atoms. The van der Waals surface area contributed by atoms with E-state index < -0.39 is 4.92 Å². The monoisotopic (exact) mass is 369 g/mol. The summed E-state index contributed by atoms with van der Waals surface area (Å²) in [6, 6.07) is 12.6. The summed E-state index contributed by atoms with van der Waals surface area (Å²) in [5, 5.41) is 21.0. The van der Waals surface area contributed by atoms with E-state index in [1.807, 2.05) is 6.92 Å². The van der Waals surface area contributed by atoms with Crippen molar-refractivity contribution in [3.63, 3.8) is 0 Å². The van der Waals surface area contributed by atoms with Gasteiger partial charge < -0.3 is 5.11 Å². The Kier molecular flexibility index (Phi) is 5.04. The molecule has 0 aromatic heterocycles. The summed E-state index contributed by atoms with van der Waals surface area (Å²) >= 11 is 1.17. The van der Waals surface area contributed by atoms with Gasteiger partial charge in [0.1, 0.15) is 5.75 Å². The molecule has 1 heterocycles. The number of amidine groups is 1. The van der Waals surface area contributed by atoms with E-state index in [2.05, 4.69) is 4.99 Å². The van der Waals surface area contributed by atoms with Gasteiger partial charge in [-0.25, -0.2) is 4.99 Å². The Labute approximate surface area is 153 Å². The molecule has 2 aromatic carbocycles. The molecule has 7 nitrogen and oxygen atoms in total. The van der Waals surface area contributed by atoms with Gasteiger partial charge in [-0.2, -0.15) is 0 Å². The van der Waals surface area contributed by atoms with Gasteiger partial charge in [-0.3, -0.25) is 19.8 Å². The van der Waals surface area contributed by atoms with Crippen LogP contribution in [0.5, 0.6) is 5.75 Å². The van der Waals surface area contributed by atoms with Crippen LogP contribution in [-0.2, 0) is 4.79 Å². The highest BCUT2D eigenvalue weighted by Gasteiger charge is 2.32. The van der Waals surface area contributed by atoms with Crippen LogP contribution >= 0.6 is 11.8 Å². The summed E-state index contributed by atoms with van der Waals surface area (Å²) in [5.41, 5.74) is 0.916. The molecule has 0 saturated carbocycles. The number of likely N-dealkylation sites (N-methyl/N-ethyl adjacent to an activating group) is 1. The quantitative estimate of drug-likeness (QED) is 0.500. The zero-order valence-electron chi connectivity index (χ0n) is 13.8. The SMILES string of the molecule is CCN1C(=O)/C(=C/c2ccccc2[N+](=O)[O-])SC1=Nc1ccc(O)cc1. The van der Waals surface area contributed by atoms with Crippen molar-refractivity contribution >= 4 is 40.3 Å². The van der Waals surface area contributed by atoms with Crippen LogP contribution in [0.1, 0.15) is 12.5 Å². The number of thioether (sulfide) groups is 1. The van der Waals surface area contributed by atoms with Crippen molar-refractivity contribution in [2.24, 2.45) is 4.99 Å². The average Bonchev–Trinajstić information content (AvgIpc) is 2.92. The van der Waals surface area contributed by atoms with E-state index in [1.54, 1.807) is 30.3 Å². The number of nitro benzene ring substituents is 1. The van der Waals surface area contributed by atoms with E-state index in [0.29, 0.717) is 27.9 Å². The summed E-state index contributed by atoms with van der Waals surface area (Å²) in [6.45, 7) is 2.26. The third-order valence-corrected chi connectivity index (χ3v) is 4.71. The number of phenols is 1. The van der Waals surface area contributed by atoms with Crippen LogP contribution in [0.25, 0.3) is 6.08 Å². The molecule has 8 heteroatoms. The number of hydrogen-bond donors (Lipinski definition) is 1. The van der Waals surface area contributed by atoms with Crippen molar-refractivity contribution < 1.29 is 14.8 Å². The van der Waals surface area contributed by atoms with E-state index in [9.17, 15) is 20.0 Å². The van der Waals surface area contributed by atoms with Gasteiger partial charge >= 0.3 is 0 Å². The summed E-state index contributed by atoms with van der Waals surface area (Å²) in [7, 11) is 0. The Morgan fingerprint density at radius 1 is 1.23 bits per heavy atom. The molecule has 0 radical (unpaired) electrons. The smallest absolute Gasteiger partial charge is 0.276 e. The lowest BCUT2D eigenvalue weighted by molar-refractivity contribution is -0.385. The average molecular weight is 369 g/mol. The number of amides is 1. The van der Waals surface area contributed by atoms with Crippen LogP contribution in [0.4, 0.5) is 11.4 Å². The van der Waals surface area contributed by atoms with Crippen LogP contribution in [0.3, 0.4) is 0 Å². The molecule has 1 amide bonds. The molecular weight excluding hydrogens is 354 g/mol. The first-order chi connectivity index (χ1) is 12.5. The van der Waals surface area contributed by atoms with Crippen LogP contribution in [-0.4, -0.2) is 32.5 Å². The van der Waals surface area contributed by atoms with Crippen LogP contribution in [0.15, 0.2) is 58.4 Å². The predicted octanol–water partition coefficient (Wildman–Crippen LogP) is 3.92. The van der Waals surface area contributed by atoms with Crippen molar-refractivity contribution in [2.75, 3.05) is 6.54 Å². The normalized spacial score (nSPS) is 17.3. The fourth-order valence-corrected chi connectivity index (χ4v) is 3.48. The number of nitro groups is 1. The lowest BCUT2D eigenvalue weighted by Gasteiger charge is -2.11. The predicted molar refractivity (Wildman–Crippen MR) is 101 cm³/mol. The number of nitrogens with zero attached hydrogens (tertiary/aromatic N) is 3. The molecule has 3 rings (SSSR count). The number of para-hydroxylation sites is 1. The first-order valence-corrected chi connectivity index (χ1v) is 8.64. The topological polar surface area (TPSA) is 96.0 Å². The largest absolute Gasteiger partial charge is 0.508 e. The molecule has 1 N–H and O–H groups in total. The van der Waals surface area contributed by atoms with Gasteiger partial charge in [0.25, 0.3) is 11.6 Å². The zero-order valence-corrected chi connectivity index (χ0v) is 14.6.